The molecule has 0 radical (unpaired) electrons. The number of Topliss-reactive ketones (excluding diaryl/α,β-unsaturated/α-hetero) is 2. The number of hydrogen-bond acceptors (Lipinski definition) is 3. The van der Waals surface area contributed by atoms with Crippen LogP contribution in [0.1, 0.15) is 20.7 Å². The van der Waals surface area contributed by atoms with Crippen LogP contribution in [-0.4, -0.2) is 17.3 Å². The molecule has 2 rings (SSSR count). The predicted molar refractivity (Wildman–Crippen MR) is 75.6 cm³/mol. The van der Waals surface area contributed by atoms with Gasteiger partial charge in [-0.2, -0.15) is 17.2 Å². The maximum atomic E-state index is 12.0. The average molecular weight is 272 g/mol. The molecule has 0 aliphatic carbocycles. The van der Waals surface area contributed by atoms with Crippen molar-refractivity contribution in [1.29, 1.82) is 0 Å². The van der Waals surface area contributed by atoms with E-state index in [2.05, 4.69) is 12.6 Å². The van der Waals surface area contributed by atoms with Crippen molar-refractivity contribution in [3.8, 4) is 0 Å². The highest BCUT2D eigenvalue weighted by molar-refractivity contribution is 7.81. The molecule has 2 aromatic rings. The van der Waals surface area contributed by atoms with Crippen LogP contribution >= 0.6 is 12.6 Å². The first-order valence-corrected chi connectivity index (χ1v) is 6.55. The molecule has 3 nitrogen and oxygen atoms in total. The van der Waals surface area contributed by atoms with E-state index < -0.39 is 0 Å². The predicted octanol–water partition coefficient (Wildman–Crippen LogP) is 1.97. The number of benzene rings is 1. The van der Waals surface area contributed by atoms with Crippen LogP contribution in [0.5, 0.6) is 0 Å². The summed E-state index contributed by atoms with van der Waals surface area (Å²) < 4.78 is 1.75. The second-order valence-corrected chi connectivity index (χ2v) is 4.45. The van der Waals surface area contributed by atoms with Gasteiger partial charge in [-0.25, -0.2) is 0 Å². The fourth-order valence-corrected chi connectivity index (χ4v) is 1.90. The molecule has 0 aliphatic rings. The SMILES string of the molecule is O=C(CS)c1cc[n+](CC(=O)c2ccccc2)cc1. The highest BCUT2D eigenvalue weighted by atomic mass is 32.1. The van der Waals surface area contributed by atoms with Crippen LogP contribution < -0.4 is 4.57 Å². The summed E-state index contributed by atoms with van der Waals surface area (Å²) in [5.41, 5.74) is 1.30. The Morgan fingerprint density at radius 2 is 1.47 bits per heavy atom. The molecule has 0 N–H and O–H groups in total. The quantitative estimate of drug-likeness (QED) is 0.513. The molecular formula is C15H14NO2S+. The number of ketones is 2. The van der Waals surface area contributed by atoms with Crippen molar-refractivity contribution in [2.45, 2.75) is 6.54 Å². The Kier molecular flexibility index (Phi) is 4.47. The Bertz CT molecular complexity index is 579. The summed E-state index contributed by atoms with van der Waals surface area (Å²) in [6, 6.07) is 12.6. The van der Waals surface area contributed by atoms with E-state index in [0.717, 1.165) is 0 Å². The van der Waals surface area contributed by atoms with E-state index in [-0.39, 0.29) is 23.9 Å². The minimum absolute atomic E-state index is 0.0233. The van der Waals surface area contributed by atoms with Crippen LogP contribution in [-0.2, 0) is 6.54 Å². The van der Waals surface area contributed by atoms with Crippen LogP contribution in [0.4, 0.5) is 0 Å². The van der Waals surface area contributed by atoms with Crippen LogP contribution in [0.2, 0.25) is 0 Å². The van der Waals surface area contributed by atoms with Gasteiger partial charge in [0.2, 0.25) is 12.3 Å². The standard InChI is InChI=1S/C15H13NO2S/c17-14(12-4-2-1-3-5-12)10-16-8-6-13(7-9-16)15(18)11-19/h1-9H,10-11H2/p+1. The van der Waals surface area contributed by atoms with Crippen LogP contribution in [0.25, 0.3) is 0 Å². The third-order valence-corrected chi connectivity index (χ3v) is 3.07. The summed E-state index contributed by atoms with van der Waals surface area (Å²) in [6.07, 6.45) is 3.47. The van der Waals surface area contributed by atoms with E-state index in [0.29, 0.717) is 11.1 Å². The first-order valence-electron chi connectivity index (χ1n) is 5.92. The van der Waals surface area contributed by atoms with Crippen molar-refractivity contribution < 1.29 is 14.2 Å². The third kappa shape index (κ3) is 3.51. The van der Waals surface area contributed by atoms with Gasteiger partial charge < -0.3 is 0 Å². The first-order chi connectivity index (χ1) is 9.20. The van der Waals surface area contributed by atoms with E-state index >= 15 is 0 Å². The molecule has 96 valence electrons. The fourth-order valence-electron chi connectivity index (χ4n) is 1.72. The molecule has 1 aromatic carbocycles. The molecule has 0 atom stereocenters. The zero-order chi connectivity index (χ0) is 13.7. The van der Waals surface area contributed by atoms with Gasteiger partial charge >= 0.3 is 0 Å². The molecule has 0 saturated heterocycles. The Balaban J connectivity index is 2.08. The van der Waals surface area contributed by atoms with Gasteiger partial charge in [0.1, 0.15) is 0 Å². The monoisotopic (exact) mass is 272 g/mol. The minimum atomic E-state index is -0.0233. The summed E-state index contributed by atoms with van der Waals surface area (Å²) in [4.78, 5) is 23.4. The second-order valence-electron chi connectivity index (χ2n) is 4.13. The van der Waals surface area contributed by atoms with Gasteiger partial charge in [0, 0.05) is 23.3 Å². The third-order valence-electron chi connectivity index (χ3n) is 2.78. The molecule has 0 amide bonds. The molecule has 0 saturated carbocycles. The number of carbonyl (C=O) groups excluding carboxylic acids is 2. The minimum Gasteiger partial charge on any atom is -0.293 e. The lowest BCUT2D eigenvalue weighted by atomic mass is 10.1. The smallest absolute Gasteiger partial charge is 0.227 e. The molecule has 0 spiro atoms. The topological polar surface area (TPSA) is 38.0 Å². The molecule has 0 aliphatic heterocycles. The summed E-state index contributed by atoms with van der Waals surface area (Å²) in [5.74, 6) is 0.205. The molecule has 0 bridgehead atoms. The number of aromatic nitrogens is 1. The number of hydrogen-bond donors (Lipinski definition) is 1. The lowest BCUT2D eigenvalue weighted by molar-refractivity contribution is -0.683. The van der Waals surface area contributed by atoms with Gasteiger partial charge in [-0.3, -0.25) is 9.59 Å². The van der Waals surface area contributed by atoms with Gasteiger partial charge in [0.05, 0.1) is 5.75 Å². The largest absolute Gasteiger partial charge is 0.293 e. The second kappa shape index (κ2) is 6.29. The zero-order valence-electron chi connectivity index (χ0n) is 10.3. The summed E-state index contributed by atoms with van der Waals surface area (Å²) in [7, 11) is 0. The van der Waals surface area contributed by atoms with E-state index in [9.17, 15) is 9.59 Å². The molecule has 1 heterocycles. The van der Waals surface area contributed by atoms with Crippen LogP contribution in [0.15, 0.2) is 54.9 Å². The van der Waals surface area contributed by atoms with Crippen LogP contribution in [0, 0.1) is 0 Å². The van der Waals surface area contributed by atoms with Crippen molar-refractivity contribution in [3.63, 3.8) is 0 Å². The number of nitrogens with zero attached hydrogens (tertiary/aromatic N) is 1. The molecule has 1 aromatic heterocycles. The number of thiol groups is 1. The Morgan fingerprint density at radius 3 is 2.05 bits per heavy atom. The van der Waals surface area contributed by atoms with Gasteiger partial charge in [-0.05, 0) is 0 Å². The van der Waals surface area contributed by atoms with Gasteiger partial charge in [-0.1, -0.05) is 30.3 Å². The van der Waals surface area contributed by atoms with Gasteiger partial charge in [0.15, 0.2) is 18.2 Å². The van der Waals surface area contributed by atoms with Gasteiger partial charge in [0.25, 0.3) is 0 Å². The van der Waals surface area contributed by atoms with E-state index in [4.69, 9.17) is 0 Å². The zero-order valence-corrected chi connectivity index (χ0v) is 11.2. The molecule has 0 unspecified atom stereocenters. The number of pyridine rings is 1. The maximum Gasteiger partial charge on any atom is 0.227 e. The highest BCUT2D eigenvalue weighted by Gasteiger charge is 2.12. The fraction of sp³-hybridized carbons (Fsp3) is 0.133. The summed E-state index contributed by atoms with van der Waals surface area (Å²) in [5, 5.41) is 0. The number of rotatable bonds is 5. The number of carbonyl (C=O) groups is 2. The Hall–Kier alpha value is -1.94. The summed E-state index contributed by atoms with van der Waals surface area (Å²) >= 11 is 3.95. The molecule has 19 heavy (non-hydrogen) atoms. The van der Waals surface area contributed by atoms with Gasteiger partial charge in [-0.15, -0.1) is 0 Å². The van der Waals surface area contributed by atoms with Crippen molar-refractivity contribution in [3.05, 3.63) is 66.0 Å². The Morgan fingerprint density at radius 1 is 0.895 bits per heavy atom. The Labute approximate surface area is 117 Å². The van der Waals surface area contributed by atoms with Crippen molar-refractivity contribution >= 4 is 24.2 Å². The average Bonchev–Trinajstić information content (AvgIpc) is 2.48. The van der Waals surface area contributed by atoms with Crippen molar-refractivity contribution in [2.75, 3.05) is 5.75 Å². The molecular weight excluding hydrogens is 258 g/mol. The lowest BCUT2D eigenvalue weighted by Gasteiger charge is -1.99. The normalized spacial score (nSPS) is 10.2. The van der Waals surface area contributed by atoms with Crippen molar-refractivity contribution in [1.82, 2.24) is 0 Å². The molecule has 0 fully saturated rings. The van der Waals surface area contributed by atoms with Crippen LogP contribution in [0.3, 0.4) is 0 Å². The summed E-state index contributed by atoms with van der Waals surface area (Å²) in [6.45, 7) is 0.263. The molecule has 4 heteroatoms. The maximum absolute atomic E-state index is 12.0. The first kappa shape index (κ1) is 13.5. The van der Waals surface area contributed by atoms with E-state index in [1.807, 2.05) is 18.2 Å². The highest BCUT2D eigenvalue weighted by Crippen LogP contribution is 2.01. The van der Waals surface area contributed by atoms with E-state index in [1.54, 1.807) is 41.2 Å². The van der Waals surface area contributed by atoms with E-state index in [1.165, 1.54) is 0 Å². The van der Waals surface area contributed by atoms with Crippen molar-refractivity contribution in [2.24, 2.45) is 0 Å². The lowest BCUT2D eigenvalue weighted by Crippen LogP contribution is -2.37.